The second kappa shape index (κ2) is 5.81. The van der Waals surface area contributed by atoms with Gasteiger partial charge in [-0.05, 0) is 30.5 Å². The van der Waals surface area contributed by atoms with Gasteiger partial charge in [0.25, 0.3) is 0 Å². The first-order chi connectivity index (χ1) is 9.74. The average Bonchev–Trinajstić information content (AvgIpc) is 2.99. The van der Waals surface area contributed by atoms with Gasteiger partial charge in [-0.25, -0.2) is 4.79 Å². The van der Waals surface area contributed by atoms with Crippen LogP contribution in [-0.2, 0) is 4.84 Å². The quantitative estimate of drug-likeness (QED) is 0.619. The van der Waals surface area contributed by atoms with E-state index in [1.165, 1.54) is 21.8 Å². The zero-order valence-corrected chi connectivity index (χ0v) is 12.6. The molecular weight excluding hydrogens is 290 g/mol. The molecule has 0 spiro atoms. The fraction of sp³-hybridized carbons (Fsp3) is 0.200. The average molecular weight is 303 g/mol. The number of oxime groups is 1. The molecule has 1 aliphatic heterocycles. The second-order valence-electron chi connectivity index (χ2n) is 4.49. The van der Waals surface area contributed by atoms with Gasteiger partial charge in [0.2, 0.25) is 0 Å². The highest BCUT2D eigenvalue weighted by molar-refractivity contribution is 7.99. The van der Waals surface area contributed by atoms with E-state index >= 15 is 0 Å². The van der Waals surface area contributed by atoms with Gasteiger partial charge in [0.1, 0.15) is 4.88 Å². The summed E-state index contributed by atoms with van der Waals surface area (Å²) in [6.45, 7) is 2.05. The monoisotopic (exact) mass is 303 g/mol. The summed E-state index contributed by atoms with van der Waals surface area (Å²) in [5, 5.41) is 5.93. The van der Waals surface area contributed by atoms with Gasteiger partial charge < -0.3 is 4.84 Å². The molecule has 0 aliphatic carbocycles. The summed E-state index contributed by atoms with van der Waals surface area (Å²) in [7, 11) is 0. The highest BCUT2D eigenvalue weighted by atomic mass is 32.2. The number of rotatable bonds is 2. The molecule has 0 bridgehead atoms. The standard InChI is InChI=1S/C15H13NO2S2/c1-10-4-5-13-11(9-10)12(6-8-20-13)16-18-15(17)14-3-2-7-19-14/h2-5,7,9H,6,8H2,1H3/b16-12-. The smallest absolute Gasteiger partial charge is 0.312 e. The number of benzene rings is 1. The minimum absolute atomic E-state index is 0.389. The molecule has 20 heavy (non-hydrogen) atoms. The predicted molar refractivity (Wildman–Crippen MR) is 82.8 cm³/mol. The van der Waals surface area contributed by atoms with Crippen LogP contribution in [0.15, 0.2) is 45.8 Å². The SMILES string of the molecule is Cc1ccc2c(c1)/C(=N\OC(=O)c1cccs1)CCS2. The fourth-order valence-corrected chi connectivity index (χ4v) is 3.62. The van der Waals surface area contributed by atoms with Crippen LogP contribution < -0.4 is 0 Å². The summed E-state index contributed by atoms with van der Waals surface area (Å²) in [4.78, 5) is 18.7. The van der Waals surface area contributed by atoms with Crippen LogP contribution in [0.4, 0.5) is 0 Å². The van der Waals surface area contributed by atoms with E-state index < -0.39 is 0 Å². The number of carbonyl (C=O) groups is 1. The summed E-state index contributed by atoms with van der Waals surface area (Å²) in [5.41, 5.74) is 3.12. The van der Waals surface area contributed by atoms with Gasteiger partial charge in [0, 0.05) is 22.6 Å². The van der Waals surface area contributed by atoms with Crippen molar-refractivity contribution in [2.24, 2.45) is 5.16 Å². The predicted octanol–water partition coefficient (Wildman–Crippen LogP) is 4.11. The zero-order chi connectivity index (χ0) is 13.9. The molecule has 0 atom stereocenters. The van der Waals surface area contributed by atoms with Crippen LogP contribution in [0.25, 0.3) is 0 Å². The Morgan fingerprint density at radius 3 is 3.05 bits per heavy atom. The third-order valence-electron chi connectivity index (χ3n) is 3.00. The maximum absolute atomic E-state index is 11.8. The van der Waals surface area contributed by atoms with Crippen LogP contribution in [0.2, 0.25) is 0 Å². The first kappa shape index (κ1) is 13.4. The fourth-order valence-electron chi connectivity index (χ4n) is 2.02. The normalized spacial score (nSPS) is 15.9. The number of aryl methyl sites for hydroxylation is 1. The molecule has 0 radical (unpaired) electrons. The number of thiophene rings is 1. The third kappa shape index (κ3) is 2.78. The van der Waals surface area contributed by atoms with Crippen molar-refractivity contribution in [1.82, 2.24) is 0 Å². The van der Waals surface area contributed by atoms with E-state index in [0.29, 0.717) is 4.88 Å². The molecule has 1 aliphatic rings. The van der Waals surface area contributed by atoms with Crippen molar-refractivity contribution in [2.75, 3.05) is 5.75 Å². The van der Waals surface area contributed by atoms with Gasteiger partial charge in [-0.3, -0.25) is 0 Å². The molecule has 1 aromatic heterocycles. The van der Waals surface area contributed by atoms with Crippen LogP contribution in [0.1, 0.15) is 27.2 Å². The lowest BCUT2D eigenvalue weighted by molar-refractivity contribution is 0.0521. The van der Waals surface area contributed by atoms with Crippen molar-refractivity contribution in [2.45, 2.75) is 18.2 Å². The lowest BCUT2D eigenvalue weighted by Gasteiger charge is -2.17. The van der Waals surface area contributed by atoms with E-state index in [4.69, 9.17) is 4.84 Å². The molecule has 0 amide bonds. The van der Waals surface area contributed by atoms with Crippen LogP contribution in [0.3, 0.4) is 0 Å². The first-order valence-electron chi connectivity index (χ1n) is 6.29. The Bertz CT molecular complexity index is 663. The molecule has 3 nitrogen and oxygen atoms in total. The topological polar surface area (TPSA) is 38.7 Å². The van der Waals surface area contributed by atoms with Crippen molar-refractivity contribution in [1.29, 1.82) is 0 Å². The summed E-state index contributed by atoms with van der Waals surface area (Å²) >= 11 is 3.17. The summed E-state index contributed by atoms with van der Waals surface area (Å²) in [6, 6.07) is 9.85. The van der Waals surface area contributed by atoms with Crippen LogP contribution in [0.5, 0.6) is 0 Å². The summed E-state index contributed by atoms with van der Waals surface area (Å²) in [6.07, 6.45) is 0.818. The van der Waals surface area contributed by atoms with Crippen molar-refractivity contribution in [3.8, 4) is 0 Å². The highest BCUT2D eigenvalue weighted by Crippen LogP contribution is 2.31. The van der Waals surface area contributed by atoms with Crippen molar-refractivity contribution >= 4 is 34.8 Å². The third-order valence-corrected chi connectivity index (χ3v) is 4.93. The lowest BCUT2D eigenvalue weighted by atomic mass is 10.1. The van der Waals surface area contributed by atoms with Gasteiger partial charge >= 0.3 is 5.97 Å². The largest absolute Gasteiger partial charge is 0.375 e. The molecule has 3 rings (SSSR count). The number of carbonyl (C=O) groups excluding carboxylic acids is 1. The molecular formula is C15H13NO2S2. The second-order valence-corrected chi connectivity index (χ2v) is 6.58. The zero-order valence-electron chi connectivity index (χ0n) is 11.0. The molecule has 2 aromatic rings. The Balaban J connectivity index is 1.83. The van der Waals surface area contributed by atoms with E-state index in [-0.39, 0.29) is 5.97 Å². The summed E-state index contributed by atoms with van der Waals surface area (Å²) < 4.78 is 0. The number of thioether (sulfide) groups is 1. The van der Waals surface area contributed by atoms with Gasteiger partial charge in [-0.2, -0.15) is 0 Å². The molecule has 0 fully saturated rings. The maximum Gasteiger partial charge on any atom is 0.375 e. The van der Waals surface area contributed by atoms with E-state index in [0.717, 1.165) is 23.4 Å². The number of hydrogen-bond acceptors (Lipinski definition) is 5. The molecule has 0 N–H and O–H groups in total. The molecule has 0 saturated carbocycles. The van der Waals surface area contributed by atoms with Crippen molar-refractivity contribution in [3.63, 3.8) is 0 Å². The van der Waals surface area contributed by atoms with E-state index in [9.17, 15) is 4.79 Å². The van der Waals surface area contributed by atoms with Crippen molar-refractivity contribution < 1.29 is 9.63 Å². The van der Waals surface area contributed by atoms with Crippen LogP contribution in [0, 0.1) is 6.92 Å². The lowest BCUT2D eigenvalue weighted by Crippen LogP contribution is -2.12. The van der Waals surface area contributed by atoms with Crippen LogP contribution in [-0.4, -0.2) is 17.4 Å². The van der Waals surface area contributed by atoms with Gasteiger partial charge in [0.05, 0.1) is 5.71 Å². The van der Waals surface area contributed by atoms with E-state index in [1.54, 1.807) is 6.07 Å². The molecule has 102 valence electrons. The Kier molecular flexibility index (Phi) is 3.89. The summed E-state index contributed by atoms with van der Waals surface area (Å²) in [5.74, 6) is 0.575. The molecule has 5 heteroatoms. The minimum atomic E-state index is -0.389. The van der Waals surface area contributed by atoms with E-state index in [2.05, 4.69) is 30.3 Å². The van der Waals surface area contributed by atoms with E-state index in [1.807, 2.05) is 23.2 Å². The van der Waals surface area contributed by atoms with Gasteiger partial charge in [-0.1, -0.05) is 22.9 Å². The molecule has 1 aromatic carbocycles. The number of nitrogens with zero attached hydrogens (tertiary/aromatic N) is 1. The van der Waals surface area contributed by atoms with Crippen molar-refractivity contribution in [3.05, 3.63) is 51.7 Å². The molecule has 0 saturated heterocycles. The minimum Gasteiger partial charge on any atom is -0.312 e. The van der Waals surface area contributed by atoms with Gasteiger partial charge in [-0.15, -0.1) is 23.1 Å². The Morgan fingerprint density at radius 2 is 2.25 bits per heavy atom. The molecule has 0 unspecified atom stereocenters. The maximum atomic E-state index is 11.8. The number of fused-ring (bicyclic) bond motifs is 1. The first-order valence-corrected chi connectivity index (χ1v) is 8.16. The molecule has 2 heterocycles. The number of hydrogen-bond donors (Lipinski definition) is 0. The van der Waals surface area contributed by atoms with Crippen LogP contribution >= 0.6 is 23.1 Å². The Morgan fingerprint density at radius 1 is 1.35 bits per heavy atom. The van der Waals surface area contributed by atoms with Gasteiger partial charge in [0.15, 0.2) is 0 Å². The highest BCUT2D eigenvalue weighted by Gasteiger charge is 2.17. The Hall–Kier alpha value is -1.59. The Labute approximate surface area is 125 Å².